The van der Waals surface area contributed by atoms with Crippen molar-refractivity contribution in [3.05, 3.63) is 56.2 Å². The van der Waals surface area contributed by atoms with Crippen LogP contribution in [0.4, 0.5) is 0 Å². The first kappa shape index (κ1) is 15.3. The van der Waals surface area contributed by atoms with Crippen LogP contribution in [-0.2, 0) is 17.6 Å². The fourth-order valence-corrected chi connectivity index (χ4v) is 3.50. The Morgan fingerprint density at radius 3 is 2.50 bits per heavy atom. The van der Waals surface area contributed by atoms with Crippen molar-refractivity contribution in [2.75, 3.05) is 0 Å². The van der Waals surface area contributed by atoms with Gasteiger partial charge in [-0.05, 0) is 52.5 Å². The van der Waals surface area contributed by atoms with Gasteiger partial charge >= 0.3 is 0 Å². The number of aryl methyl sites for hydroxylation is 1. The zero-order chi connectivity index (χ0) is 14.5. The van der Waals surface area contributed by atoms with Gasteiger partial charge in [0.1, 0.15) is 0 Å². The first-order valence-corrected chi connectivity index (χ1v) is 8.32. The zero-order valence-electron chi connectivity index (χ0n) is 11.7. The summed E-state index contributed by atoms with van der Waals surface area (Å²) in [6.07, 6.45) is 1.47. The van der Waals surface area contributed by atoms with Crippen LogP contribution >= 0.6 is 27.3 Å². The van der Waals surface area contributed by atoms with Gasteiger partial charge in [-0.1, -0.05) is 31.2 Å². The van der Waals surface area contributed by atoms with Crippen LogP contribution in [0.3, 0.4) is 0 Å². The van der Waals surface area contributed by atoms with E-state index in [1.807, 2.05) is 19.1 Å². The van der Waals surface area contributed by atoms with Crippen molar-refractivity contribution in [1.82, 2.24) is 5.32 Å². The van der Waals surface area contributed by atoms with Crippen molar-refractivity contribution in [1.29, 1.82) is 0 Å². The standard InChI is InChI=1S/C16H18BrNOS/c1-3-12-4-6-13(7-5-12)11(2)18-16(19)10-14-8-9-15(17)20-14/h4-9,11H,3,10H2,1-2H3,(H,18,19). The lowest BCUT2D eigenvalue weighted by atomic mass is 10.0. The number of benzene rings is 1. The number of halogens is 1. The Morgan fingerprint density at radius 2 is 1.95 bits per heavy atom. The minimum atomic E-state index is 0.0387. The molecule has 0 radical (unpaired) electrons. The summed E-state index contributed by atoms with van der Waals surface area (Å²) in [4.78, 5) is 13.1. The lowest BCUT2D eigenvalue weighted by Crippen LogP contribution is -2.27. The van der Waals surface area contributed by atoms with Crippen LogP contribution in [0.1, 0.15) is 35.9 Å². The van der Waals surface area contributed by atoms with E-state index in [1.165, 1.54) is 5.56 Å². The van der Waals surface area contributed by atoms with Gasteiger partial charge in [0.15, 0.2) is 0 Å². The van der Waals surface area contributed by atoms with Crippen LogP contribution in [-0.4, -0.2) is 5.91 Å². The Hall–Kier alpha value is -1.13. The van der Waals surface area contributed by atoms with Crippen molar-refractivity contribution in [3.8, 4) is 0 Å². The molecule has 1 amide bonds. The number of hydrogen-bond donors (Lipinski definition) is 1. The molecule has 4 heteroatoms. The minimum absolute atomic E-state index is 0.0387. The summed E-state index contributed by atoms with van der Waals surface area (Å²) < 4.78 is 1.06. The minimum Gasteiger partial charge on any atom is -0.349 e. The molecule has 0 saturated carbocycles. The summed E-state index contributed by atoms with van der Waals surface area (Å²) in [6, 6.07) is 12.4. The molecular formula is C16H18BrNOS. The van der Waals surface area contributed by atoms with E-state index in [4.69, 9.17) is 0 Å². The van der Waals surface area contributed by atoms with Crippen LogP contribution in [0, 0.1) is 0 Å². The zero-order valence-corrected chi connectivity index (χ0v) is 14.1. The molecule has 1 aromatic heterocycles. The molecule has 2 nitrogen and oxygen atoms in total. The number of amides is 1. The Labute approximate surface area is 132 Å². The van der Waals surface area contributed by atoms with E-state index < -0.39 is 0 Å². The van der Waals surface area contributed by atoms with Crippen molar-refractivity contribution >= 4 is 33.2 Å². The number of nitrogens with one attached hydrogen (secondary N) is 1. The average Bonchev–Trinajstić information content (AvgIpc) is 2.84. The average molecular weight is 352 g/mol. The molecule has 0 fully saturated rings. The number of thiophene rings is 1. The monoisotopic (exact) mass is 351 g/mol. The molecule has 0 spiro atoms. The molecule has 0 aliphatic carbocycles. The molecule has 1 N–H and O–H groups in total. The topological polar surface area (TPSA) is 29.1 Å². The molecule has 1 unspecified atom stereocenters. The Balaban J connectivity index is 1.92. The third-order valence-corrected chi connectivity index (χ3v) is 4.85. The van der Waals surface area contributed by atoms with Gasteiger partial charge in [-0.25, -0.2) is 0 Å². The van der Waals surface area contributed by atoms with E-state index in [2.05, 4.69) is 52.4 Å². The molecule has 0 bridgehead atoms. The smallest absolute Gasteiger partial charge is 0.225 e. The van der Waals surface area contributed by atoms with E-state index in [9.17, 15) is 4.79 Å². The molecule has 0 aliphatic heterocycles. The molecule has 106 valence electrons. The molecule has 1 aromatic carbocycles. The van der Waals surface area contributed by atoms with E-state index in [0.717, 1.165) is 20.6 Å². The van der Waals surface area contributed by atoms with Gasteiger partial charge in [-0.3, -0.25) is 4.79 Å². The van der Waals surface area contributed by atoms with Gasteiger partial charge in [-0.15, -0.1) is 11.3 Å². The highest BCUT2D eigenvalue weighted by molar-refractivity contribution is 9.11. The highest BCUT2D eigenvalue weighted by atomic mass is 79.9. The highest BCUT2D eigenvalue weighted by Gasteiger charge is 2.11. The third kappa shape index (κ3) is 4.18. The van der Waals surface area contributed by atoms with Crippen molar-refractivity contribution in [3.63, 3.8) is 0 Å². The third-order valence-electron chi connectivity index (χ3n) is 3.23. The summed E-state index contributed by atoms with van der Waals surface area (Å²) in [5, 5.41) is 3.04. The molecule has 20 heavy (non-hydrogen) atoms. The van der Waals surface area contributed by atoms with E-state index in [-0.39, 0.29) is 11.9 Å². The molecule has 2 aromatic rings. The SMILES string of the molecule is CCc1ccc(C(C)NC(=O)Cc2ccc(Br)s2)cc1. The van der Waals surface area contributed by atoms with Crippen LogP contribution in [0.5, 0.6) is 0 Å². The van der Waals surface area contributed by atoms with Gasteiger partial charge in [0.25, 0.3) is 0 Å². The van der Waals surface area contributed by atoms with Crippen molar-refractivity contribution in [2.24, 2.45) is 0 Å². The second kappa shape index (κ2) is 7.04. The van der Waals surface area contributed by atoms with E-state index in [0.29, 0.717) is 6.42 Å². The van der Waals surface area contributed by atoms with Gasteiger partial charge in [0, 0.05) is 4.88 Å². The maximum absolute atomic E-state index is 12.0. The molecular weight excluding hydrogens is 334 g/mol. The first-order valence-electron chi connectivity index (χ1n) is 6.71. The summed E-state index contributed by atoms with van der Waals surface area (Å²) in [6.45, 7) is 4.16. The largest absolute Gasteiger partial charge is 0.349 e. The number of hydrogen-bond acceptors (Lipinski definition) is 2. The maximum Gasteiger partial charge on any atom is 0.225 e. The number of rotatable bonds is 5. The van der Waals surface area contributed by atoms with E-state index in [1.54, 1.807) is 11.3 Å². The molecule has 0 aliphatic rings. The number of carbonyl (C=O) groups is 1. The Morgan fingerprint density at radius 1 is 1.25 bits per heavy atom. The summed E-state index contributed by atoms with van der Waals surface area (Å²) in [5.41, 5.74) is 2.46. The molecule has 1 heterocycles. The van der Waals surface area contributed by atoms with Crippen LogP contribution in [0.15, 0.2) is 40.2 Å². The second-order valence-corrected chi connectivity index (χ2v) is 7.31. The fraction of sp³-hybridized carbons (Fsp3) is 0.312. The molecule has 1 atom stereocenters. The van der Waals surface area contributed by atoms with Crippen LogP contribution < -0.4 is 5.32 Å². The molecule has 0 saturated heterocycles. The predicted octanol–water partition coefficient (Wildman–Crippen LogP) is 4.49. The summed E-state index contributed by atoms with van der Waals surface area (Å²) in [7, 11) is 0. The van der Waals surface area contributed by atoms with Gasteiger partial charge in [-0.2, -0.15) is 0 Å². The van der Waals surface area contributed by atoms with E-state index >= 15 is 0 Å². The Kier molecular flexibility index (Phi) is 5.38. The number of carbonyl (C=O) groups excluding carboxylic acids is 1. The fourth-order valence-electron chi connectivity index (χ4n) is 2.02. The van der Waals surface area contributed by atoms with Crippen molar-refractivity contribution < 1.29 is 4.79 Å². The van der Waals surface area contributed by atoms with Crippen LogP contribution in [0.25, 0.3) is 0 Å². The van der Waals surface area contributed by atoms with Crippen LogP contribution in [0.2, 0.25) is 0 Å². The Bertz CT molecular complexity index is 576. The quantitative estimate of drug-likeness (QED) is 0.844. The normalized spacial score (nSPS) is 12.2. The maximum atomic E-state index is 12.0. The second-order valence-electron chi connectivity index (χ2n) is 4.77. The van der Waals surface area contributed by atoms with Gasteiger partial charge in [0.05, 0.1) is 16.2 Å². The summed E-state index contributed by atoms with van der Waals surface area (Å²) >= 11 is 5.01. The lowest BCUT2D eigenvalue weighted by Gasteiger charge is -2.14. The highest BCUT2D eigenvalue weighted by Crippen LogP contribution is 2.22. The first-order chi connectivity index (χ1) is 9.58. The molecule has 2 rings (SSSR count). The lowest BCUT2D eigenvalue weighted by molar-refractivity contribution is -0.121. The van der Waals surface area contributed by atoms with Gasteiger partial charge in [0.2, 0.25) is 5.91 Å². The predicted molar refractivity (Wildman–Crippen MR) is 88.1 cm³/mol. The van der Waals surface area contributed by atoms with Crippen molar-refractivity contribution in [2.45, 2.75) is 32.7 Å². The van der Waals surface area contributed by atoms with Gasteiger partial charge < -0.3 is 5.32 Å². The summed E-state index contributed by atoms with van der Waals surface area (Å²) in [5.74, 6) is 0.0615.